The van der Waals surface area contributed by atoms with Crippen molar-refractivity contribution in [2.75, 3.05) is 6.61 Å². The first-order valence-corrected chi connectivity index (χ1v) is 10.2. The lowest BCUT2D eigenvalue weighted by molar-refractivity contribution is 0.316. The summed E-state index contributed by atoms with van der Waals surface area (Å²) in [6.07, 6.45) is 3.94. The van der Waals surface area contributed by atoms with Gasteiger partial charge in [-0.15, -0.1) is 0 Å². The highest BCUT2D eigenvalue weighted by Gasteiger charge is 2.18. The van der Waals surface area contributed by atoms with Crippen LogP contribution in [0.25, 0.3) is 0 Å². The number of ether oxygens (including phenoxy) is 1. The third kappa shape index (κ3) is 6.52. The van der Waals surface area contributed by atoms with E-state index < -0.39 is 8.07 Å². The van der Waals surface area contributed by atoms with Crippen molar-refractivity contribution in [1.82, 2.24) is 0 Å². The van der Waals surface area contributed by atoms with Crippen LogP contribution >= 0.6 is 0 Å². The van der Waals surface area contributed by atoms with Crippen LogP contribution < -0.4 is 4.74 Å². The highest BCUT2D eigenvalue weighted by atomic mass is 28.3. The minimum Gasteiger partial charge on any atom is -0.494 e. The molecule has 0 fully saturated rings. The van der Waals surface area contributed by atoms with Crippen LogP contribution in [-0.2, 0) is 0 Å². The van der Waals surface area contributed by atoms with Gasteiger partial charge in [0.2, 0.25) is 0 Å². The van der Waals surface area contributed by atoms with Gasteiger partial charge in [-0.2, -0.15) is 0 Å². The van der Waals surface area contributed by atoms with Gasteiger partial charge in [-0.25, -0.2) is 0 Å². The lowest BCUT2D eigenvalue weighted by Crippen LogP contribution is -2.25. The summed E-state index contributed by atoms with van der Waals surface area (Å²) in [4.78, 5) is 0. The first kappa shape index (κ1) is 14.3. The Hall–Kier alpha value is -0.763. The molecule has 2 heteroatoms. The van der Waals surface area contributed by atoms with Gasteiger partial charge < -0.3 is 4.74 Å². The Bertz CT molecular complexity index is 295. The average Bonchev–Trinajstić information content (AvgIpc) is 2.34. The van der Waals surface area contributed by atoms with Gasteiger partial charge in [-0.05, 0) is 18.6 Å². The van der Waals surface area contributed by atoms with Crippen LogP contribution in [0.5, 0.6) is 5.75 Å². The smallest absolute Gasteiger partial charge is 0.119 e. The van der Waals surface area contributed by atoms with Gasteiger partial charge in [0.05, 0.1) is 6.61 Å². The molecule has 0 aliphatic rings. The second kappa shape index (κ2) is 7.54. The van der Waals surface area contributed by atoms with Crippen LogP contribution in [-0.4, -0.2) is 14.7 Å². The van der Waals surface area contributed by atoms with Crippen LogP contribution in [0.4, 0.5) is 0 Å². The van der Waals surface area contributed by atoms with E-state index in [0.717, 1.165) is 12.4 Å². The molecule has 0 N–H and O–H groups in total. The van der Waals surface area contributed by atoms with Gasteiger partial charge in [0.1, 0.15) is 5.75 Å². The molecule has 0 heterocycles. The lowest BCUT2D eigenvalue weighted by atomic mass is 10.3. The molecule has 0 saturated carbocycles. The molecular weight excluding hydrogens is 224 g/mol. The van der Waals surface area contributed by atoms with Crippen LogP contribution in [0.2, 0.25) is 25.2 Å². The second-order valence-corrected chi connectivity index (χ2v) is 10.9. The summed E-state index contributed by atoms with van der Waals surface area (Å²) in [5.41, 5.74) is 0. The number of hydrogen-bond donors (Lipinski definition) is 0. The van der Waals surface area contributed by atoms with Crippen LogP contribution in [0, 0.1) is 0 Å². The minimum atomic E-state index is -0.942. The van der Waals surface area contributed by atoms with Crippen LogP contribution in [0.3, 0.4) is 0 Å². The topological polar surface area (TPSA) is 9.23 Å². The first-order chi connectivity index (χ1) is 8.14. The normalized spacial score (nSPS) is 11.5. The van der Waals surface area contributed by atoms with E-state index in [1.807, 2.05) is 30.3 Å². The zero-order valence-corrected chi connectivity index (χ0v) is 12.5. The zero-order valence-electron chi connectivity index (χ0n) is 11.5. The number of hydrogen-bond acceptors (Lipinski definition) is 1. The van der Waals surface area contributed by atoms with Crippen LogP contribution in [0.15, 0.2) is 30.3 Å². The van der Waals surface area contributed by atoms with Crippen LogP contribution in [0.1, 0.15) is 26.2 Å². The summed E-state index contributed by atoms with van der Waals surface area (Å²) in [5.74, 6) is 1.00. The van der Waals surface area contributed by atoms with E-state index in [4.69, 9.17) is 4.74 Å². The molecule has 96 valence electrons. The van der Waals surface area contributed by atoms with Crippen molar-refractivity contribution in [2.24, 2.45) is 0 Å². The summed E-state index contributed by atoms with van der Waals surface area (Å²) in [6.45, 7) is 8.16. The Labute approximate surface area is 107 Å². The average molecular weight is 250 g/mol. The maximum atomic E-state index is 5.73. The van der Waals surface area contributed by atoms with Gasteiger partial charge in [0.15, 0.2) is 0 Å². The molecule has 0 spiro atoms. The molecule has 0 atom stereocenters. The molecule has 17 heavy (non-hydrogen) atoms. The molecule has 0 aromatic heterocycles. The Balaban J connectivity index is 2.15. The standard InChI is InChI=1S/C15H26OSi/c1-4-5-13-17(2,3)14-9-12-16-15-10-7-6-8-11-15/h6-8,10-11H,4-5,9,12-14H2,1-3H3. The van der Waals surface area contributed by atoms with E-state index >= 15 is 0 Å². The summed E-state index contributed by atoms with van der Waals surface area (Å²) in [7, 11) is -0.942. The zero-order chi connectivity index (χ0) is 12.6. The van der Waals surface area contributed by atoms with Crippen molar-refractivity contribution in [3.8, 4) is 5.75 Å². The van der Waals surface area contributed by atoms with Crippen molar-refractivity contribution in [3.05, 3.63) is 30.3 Å². The van der Waals surface area contributed by atoms with Crippen molar-refractivity contribution in [3.63, 3.8) is 0 Å². The largest absolute Gasteiger partial charge is 0.494 e. The summed E-state index contributed by atoms with van der Waals surface area (Å²) >= 11 is 0. The number of para-hydroxylation sites is 1. The highest BCUT2D eigenvalue weighted by molar-refractivity contribution is 6.77. The molecule has 0 bridgehead atoms. The number of rotatable bonds is 8. The predicted octanol–water partition coefficient (Wildman–Crippen LogP) is 4.96. The van der Waals surface area contributed by atoms with Crippen molar-refractivity contribution >= 4 is 8.07 Å². The van der Waals surface area contributed by atoms with Crippen molar-refractivity contribution < 1.29 is 4.74 Å². The molecule has 0 radical (unpaired) electrons. The highest BCUT2D eigenvalue weighted by Crippen LogP contribution is 2.20. The second-order valence-electron chi connectivity index (χ2n) is 5.53. The van der Waals surface area contributed by atoms with E-state index in [1.54, 1.807) is 0 Å². The van der Waals surface area contributed by atoms with Crippen molar-refractivity contribution in [2.45, 2.75) is 51.4 Å². The fraction of sp³-hybridized carbons (Fsp3) is 0.600. The molecule has 0 aliphatic heterocycles. The van der Waals surface area contributed by atoms with Crippen molar-refractivity contribution in [1.29, 1.82) is 0 Å². The van der Waals surface area contributed by atoms with E-state index in [1.165, 1.54) is 31.4 Å². The summed E-state index contributed by atoms with van der Waals surface area (Å²) < 4.78 is 5.73. The summed E-state index contributed by atoms with van der Waals surface area (Å²) in [6, 6.07) is 13.0. The molecule has 1 aromatic carbocycles. The molecular formula is C15H26OSi. The third-order valence-corrected chi connectivity index (χ3v) is 6.63. The quantitative estimate of drug-likeness (QED) is 0.468. The Morgan fingerprint density at radius 3 is 2.29 bits per heavy atom. The Morgan fingerprint density at radius 1 is 1.00 bits per heavy atom. The monoisotopic (exact) mass is 250 g/mol. The Kier molecular flexibility index (Phi) is 6.34. The Morgan fingerprint density at radius 2 is 1.65 bits per heavy atom. The van der Waals surface area contributed by atoms with E-state index in [0.29, 0.717) is 0 Å². The van der Waals surface area contributed by atoms with Gasteiger partial charge in [-0.3, -0.25) is 0 Å². The molecule has 0 aliphatic carbocycles. The molecule has 1 nitrogen and oxygen atoms in total. The first-order valence-electron chi connectivity index (χ1n) is 6.82. The number of benzene rings is 1. The molecule has 1 rings (SSSR count). The molecule has 0 unspecified atom stereocenters. The maximum Gasteiger partial charge on any atom is 0.119 e. The fourth-order valence-corrected chi connectivity index (χ4v) is 4.70. The molecule has 0 amide bonds. The van der Waals surface area contributed by atoms with E-state index in [9.17, 15) is 0 Å². The number of unbranched alkanes of at least 4 members (excludes halogenated alkanes) is 1. The van der Waals surface area contributed by atoms with E-state index in [2.05, 4.69) is 20.0 Å². The van der Waals surface area contributed by atoms with Gasteiger partial charge in [0, 0.05) is 8.07 Å². The molecule has 0 saturated heterocycles. The summed E-state index contributed by atoms with van der Waals surface area (Å²) in [5, 5.41) is 0. The minimum absolute atomic E-state index is 0.868. The van der Waals surface area contributed by atoms with Gasteiger partial charge in [-0.1, -0.05) is 63.1 Å². The van der Waals surface area contributed by atoms with Gasteiger partial charge >= 0.3 is 0 Å². The lowest BCUT2D eigenvalue weighted by Gasteiger charge is -2.21. The van der Waals surface area contributed by atoms with Gasteiger partial charge in [0.25, 0.3) is 0 Å². The third-order valence-electron chi connectivity index (χ3n) is 3.22. The fourth-order valence-electron chi connectivity index (χ4n) is 2.04. The SMILES string of the molecule is CCCC[Si](C)(C)CCCOc1ccccc1. The maximum absolute atomic E-state index is 5.73. The molecule has 1 aromatic rings. The predicted molar refractivity (Wildman–Crippen MR) is 78.6 cm³/mol. The van der Waals surface area contributed by atoms with E-state index in [-0.39, 0.29) is 0 Å².